The van der Waals surface area contributed by atoms with Gasteiger partial charge in [0.15, 0.2) is 0 Å². The average molecular weight is 291 g/mol. The zero-order chi connectivity index (χ0) is 14.4. The first-order valence-corrected chi connectivity index (χ1v) is 6.56. The molecule has 20 heavy (non-hydrogen) atoms. The number of hydrogen-bond donors (Lipinski definition) is 1. The largest absolute Gasteiger partial charge is 0.473 e. The summed E-state index contributed by atoms with van der Waals surface area (Å²) < 4.78 is 5.61. The van der Waals surface area contributed by atoms with E-state index in [1.54, 1.807) is 0 Å². The molecule has 0 spiro atoms. The lowest BCUT2D eigenvalue weighted by atomic mass is 10.1. The van der Waals surface area contributed by atoms with Crippen molar-refractivity contribution in [2.45, 2.75) is 20.0 Å². The van der Waals surface area contributed by atoms with Crippen molar-refractivity contribution in [3.63, 3.8) is 0 Å². The van der Waals surface area contributed by atoms with Gasteiger partial charge in [0.25, 0.3) is 0 Å². The molecule has 1 aromatic carbocycles. The maximum Gasteiger partial charge on any atom is 0.213 e. The summed E-state index contributed by atoms with van der Waals surface area (Å²) >= 11 is 5.66. The van der Waals surface area contributed by atoms with Crippen LogP contribution in [-0.4, -0.2) is 15.4 Å². The number of ether oxygens (including phenoxy) is 1. The standard InChI is InChI=1S/C15H15ClN2O2/c1-11-3-2-4-15(17-11)20-10-13-7-5-12(6-8-13)9-14(16)18-19/h2-8,19H,9-10H2,1H3. The second-order valence-electron chi connectivity index (χ2n) is 4.38. The fraction of sp³-hybridized carbons (Fsp3) is 0.200. The molecule has 0 amide bonds. The fourth-order valence-electron chi connectivity index (χ4n) is 1.71. The lowest BCUT2D eigenvalue weighted by Crippen LogP contribution is -1.99. The highest BCUT2D eigenvalue weighted by Crippen LogP contribution is 2.12. The first kappa shape index (κ1) is 14.3. The topological polar surface area (TPSA) is 54.7 Å². The number of aromatic nitrogens is 1. The van der Waals surface area contributed by atoms with Crippen LogP contribution in [0, 0.1) is 6.92 Å². The molecule has 0 fully saturated rings. The number of pyridine rings is 1. The highest BCUT2D eigenvalue weighted by molar-refractivity contribution is 6.65. The predicted molar refractivity (Wildman–Crippen MR) is 78.5 cm³/mol. The molecular weight excluding hydrogens is 276 g/mol. The number of benzene rings is 1. The number of rotatable bonds is 5. The summed E-state index contributed by atoms with van der Waals surface area (Å²) in [5.41, 5.74) is 2.94. The molecule has 2 aromatic rings. The fourth-order valence-corrected chi connectivity index (χ4v) is 1.87. The van der Waals surface area contributed by atoms with Crippen LogP contribution in [0.3, 0.4) is 0 Å². The molecule has 1 aromatic heterocycles. The van der Waals surface area contributed by atoms with Gasteiger partial charge < -0.3 is 9.94 Å². The summed E-state index contributed by atoms with van der Waals surface area (Å²) in [6.07, 6.45) is 0.415. The number of hydrogen-bond acceptors (Lipinski definition) is 4. The summed E-state index contributed by atoms with van der Waals surface area (Å²) in [6.45, 7) is 2.38. The van der Waals surface area contributed by atoms with Gasteiger partial charge in [-0.3, -0.25) is 0 Å². The van der Waals surface area contributed by atoms with E-state index in [9.17, 15) is 0 Å². The Bertz CT molecular complexity index is 597. The minimum absolute atomic E-state index is 0.165. The lowest BCUT2D eigenvalue weighted by molar-refractivity contribution is 0.293. The van der Waals surface area contributed by atoms with Gasteiger partial charge in [0.1, 0.15) is 11.8 Å². The van der Waals surface area contributed by atoms with Crippen molar-refractivity contribution in [2.75, 3.05) is 0 Å². The van der Waals surface area contributed by atoms with Crippen LogP contribution in [0.4, 0.5) is 0 Å². The van der Waals surface area contributed by atoms with Crippen LogP contribution in [0.2, 0.25) is 0 Å². The van der Waals surface area contributed by atoms with Gasteiger partial charge in [0.05, 0.1) is 0 Å². The Kier molecular flexibility index (Phi) is 4.96. The molecular formula is C15H15ClN2O2. The van der Waals surface area contributed by atoms with Crippen LogP contribution in [0.1, 0.15) is 16.8 Å². The molecule has 0 saturated heterocycles. The van der Waals surface area contributed by atoms with E-state index in [2.05, 4.69) is 10.1 Å². The third kappa shape index (κ3) is 4.24. The van der Waals surface area contributed by atoms with E-state index in [-0.39, 0.29) is 5.17 Å². The second-order valence-corrected chi connectivity index (χ2v) is 4.81. The molecule has 104 valence electrons. The van der Waals surface area contributed by atoms with Crippen LogP contribution < -0.4 is 4.74 Å². The molecule has 0 saturated carbocycles. The molecule has 0 bridgehead atoms. The Balaban J connectivity index is 1.94. The quantitative estimate of drug-likeness (QED) is 0.520. The summed E-state index contributed by atoms with van der Waals surface area (Å²) in [6, 6.07) is 13.4. The van der Waals surface area contributed by atoms with E-state index < -0.39 is 0 Å². The molecule has 0 radical (unpaired) electrons. The van der Waals surface area contributed by atoms with Gasteiger partial charge in [0, 0.05) is 18.2 Å². The summed E-state index contributed by atoms with van der Waals surface area (Å²) in [5.74, 6) is 0.615. The second kappa shape index (κ2) is 6.91. The molecule has 0 unspecified atom stereocenters. The molecule has 1 heterocycles. The maximum absolute atomic E-state index is 8.51. The molecule has 1 N–H and O–H groups in total. The SMILES string of the molecule is Cc1cccc(OCc2ccc(CC(Cl)=NO)cc2)n1. The summed E-state index contributed by atoms with van der Waals surface area (Å²) in [7, 11) is 0. The lowest BCUT2D eigenvalue weighted by Gasteiger charge is -2.06. The van der Waals surface area contributed by atoms with Crippen LogP contribution in [0.15, 0.2) is 47.6 Å². The number of aryl methyl sites for hydroxylation is 1. The molecule has 0 aliphatic rings. The minimum Gasteiger partial charge on any atom is -0.473 e. The zero-order valence-electron chi connectivity index (χ0n) is 11.1. The molecule has 5 heteroatoms. The van der Waals surface area contributed by atoms with Gasteiger partial charge >= 0.3 is 0 Å². The van der Waals surface area contributed by atoms with Gasteiger partial charge in [0.2, 0.25) is 5.88 Å². The Morgan fingerprint density at radius 3 is 2.55 bits per heavy atom. The minimum atomic E-state index is 0.165. The number of oxime groups is 1. The highest BCUT2D eigenvalue weighted by Gasteiger charge is 2.01. The van der Waals surface area contributed by atoms with Crippen LogP contribution in [0.5, 0.6) is 5.88 Å². The molecule has 2 rings (SSSR count). The molecule has 0 aliphatic heterocycles. The number of halogens is 1. The predicted octanol–water partition coefficient (Wildman–Crippen LogP) is 3.54. The van der Waals surface area contributed by atoms with Crippen molar-refractivity contribution < 1.29 is 9.94 Å². The van der Waals surface area contributed by atoms with Crippen molar-refractivity contribution in [3.05, 3.63) is 59.3 Å². The van der Waals surface area contributed by atoms with Crippen molar-refractivity contribution in [1.82, 2.24) is 4.98 Å². The first-order valence-electron chi connectivity index (χ1n) is 6.18. The van der Waals surface area contributed by atoms with Crippen molar-refractivity contribution in [3.8, 4) is 5.88 Å². The van der Waals surface area contributed by atoms with Gasteiger partial charge in [-0.1, -0.05) is 47.1 Å². The highest BCUT2D eigenvalue weighted by atomic mass is 35.5. The van der Waals surface area contributed by atoms with Gasteiger partial charge in [-0.2, -0.15) is 0 Å². The normalized spacial score (nSPS) is 11.4. The van der Waals surface area contributed by atoms with Crippen molar-refractivity contribution >= 4 is 16.8 Å². The van der Waals surface area contributed by atoms with E-state index in [0.29, 0.717) is 18.9 Å². The first-order chi connectivity index (χ1) is 9.67. The van der Waals surface area contributed by atoms with Gasteiger partial charge in [-0.25, -0.2) is 4.98 Å². The van der Waals surface area contributed by atoms with E-state index in [1.807, 2.05) is 49.4 Å². The summed E-state index contributed by atoms with van der Waals surface area (Å²) in [4.78, 5) is 4.27. The van der Waals surface area contributed by atoms with Crippen LogP contribution >= 0.6 is 11.6 Å². The Hall–Kier alpha value is -2.07. The zero-order valence-corrected chi connectivity index (χ0v) is 11.8. The Labute approximate surface area is 122 Å². The van der Waals surface area contributed by atoms with Crippen molar-refractivity contribution in [1.29, 1.82) is 0 Å². The van der Waals surface area contributed by atoms with Gasteiger partial charge in [-0.05, 0) is 24.1 Å². The molecule has 4 nitrogen and oxygen atoms in total. The smallest absolute Gasteiger partial charge is 0.213 e. The average Bonchev–Trinajstić information content (AvgIpc) is 2.46. The van der Waals surface area contributed by atoms with Crippen LogP contribution in [0.25, 0.3) is 0 Å². The summed E-state index contributed by atoms with van der Waals surface area (Å²) in [5, 5.41) is 11.6. The Morgan fingerprint density at radius 2 is 1.90 bits per heavy atom. The van der Waals surface area contributed by atoms with Crippen LogP contribution in [-0.2, 0) is 13.0 Å². The maximum atomic E-state index is 8.51. The Morgan fingerprint density at radius 1 is 1.20 bits per heavy atom. The van der Waals surface area contributed by atoms with E-state index in [1.165, 1.54) is 0 Å². The van der Waals surface area contributed by atoms with E-state index in [0.717, 1.165) is 16.8 Å². The van der Waals surface area contributed by atoms with Gasteiger partial charge in [-0.15, -0.1) is 0 Å². The number of nitrogens with zero attached hydrogens (tertiary/aromatic N) is 2. The molecule has 0 aliphatic carbocycles. The van der Waals surface area contributed by atoms with Crippen molar-refractivity contribution in [2.24, 2.45) is 5.16 Å². The van der Waals surface area contributed by atoms with E-state index in [4.69, 9.17) is 21.5 Å². The van der Waals surface area contributed by atoms with E-state index >= 15 is 0 Å². The monoisotopic (exact) mass is 290 g/mol. The molecule has 0 atom stereocenters. The third-order valence-corrected chi connectivity index (χ3v) is 2.94. The third-order valence-electron chi connectivity index (χ3n) is 2.73.